The first-order chi connectivity index (χ1) is 5.68. The molecule has 0 bridgehead atoms. The molecule has 0 aliphatic heterocycles. The molecule has 1 aromatic heterocycles. The Balaban J connectivity index is 2.88. The number of nitrogen functional groups attached to an aromatic ring is 1. The van der Waals surface area contributed by atoms with Gasteiger partial charge in [0.25, 0.3) is 0 Å². The standard InChI is InChI=1S/C8H8ClN3/c1-12-7-4-5(10)2-3-6(7)11-8(12)9/h2-4H,10H2,1H3. The number of hydrogen-bond acceptors (Lipinski definition) is 2. The molecule has 0 aliphatic rings. The van der Waals surface area contributed by atoms with Gasteiger partial charge >= 0.3 is 0 Å². The van der Waals surface area contributed by atoms with E-state index in [1.54, 1.807) is 4.57 Å². The SMILES string of the molecule is Cn1c(Cl)nc2ccc(N)cc21. The summed E-state index contributed by atoms with van der Waals surface area (Å²) in [6.45, 7) is 0. The van der Waals surface area contributed by atoms with E-state index < -0.39 is 0 Å². The number of fused-ring (bicyclic) bond motifs is 1. The third-order valence-corrected chi connectivity index (χ3v) is 2.19. The maximum atomic E-state index is 5.82. The van der Waals surface area contributed by atoms with Gasteiger partial charge in [-0.2, -0.15) is 0 Å². The van der Waals surface area contributed by atoms with Gasteiger partial charge in [0.1, 0.15) is 0 Å². The highest BCUT2D eigenvalue weighted by molar-refractivity contribution is 6.29. The van der Waals surface area contributed by atoms with Gasteiger partial charge in [0.05, 0.1) is 11.0 Å². The van der Waals surface area contributed by atoms with E-state index in [1.807, 2.05) is 25.2 Å². The second-order valence-corrected chi connectivity index (χ2v) is 3.03. The first-order valence-corrected chi connectivity index (χ1v) is 3.94. The first-order valence-electron chi connectivity index (χ1n) is 3.56. The van der Waals surface area contributed by atoms with Gasteiger partial charge in [0.2, 0.25) is 5.28 Å². The molecular weight excluding hydrogens is 174 g/mol. The molecule has 0 saturated heterocycles. The van der Waals surface area contributed by atoms with Crippen molar-refractivity contribution in [3.8, 4) is 0 Å². The highest BCUT2D eigenvalue weighted by Gasteiger charge is 2.04. The zero-order valence-electron chi connectivity index (χ0n) is 6.58. The van der Waals surface area contributed by atoms with Crippen LogP contribution in [0.5, 0.6) is 0 Å². The smallest absolute Gasteiger partial charge is 0.203 e. The number of halogens is 1. The Bertz CT molecular complexity index is 433. The van der Waals surface area contributed by atoms with Crippen LogP contribution < -0.4 is 5.73 Å². The van der Waals surface area contributed by atoms with E-state index in [9.17, 15) is 0 Å². The maximum Gasteiger partial charge on any atom is 0.203 e. The van der Waals surface area contributed by atoms with Gasteiger partial charge in [0.15, 0.2) is 0 Å². The Labute approximate surface area is 74.8 Å². The van der Waals surface area contributed by atoms with Crippen LogP contribution in [0.2, 0.25) is 5.28 Å². The van der Waals surface area contributed by atoms with Crippen LogP contribution in [0.1, 0.15) is 0 Å². The number of hydrogen-bond donors (Lipinski definition) is 1. The highest BCUT2D eigenvalue weighted by atomic mass is 35.5. The molecule has 0 radical (unpaired) electrons. The fourth-order valence-electron chi connectivity index (χ4n) is 1.18. The molecule has 12 heavy (non-hydrogen) atoms. The number of nitrogens with zero attached hydrogens (tertiary/aromatic N) is 2. The van der Waals surface area contributed by atoms with Crippen molar-refractivity contribution in [1.29, 1.82) is 0 Å². The average molecular weight is 182 g/mol. The number of anilines is 1. The van der Waals surface area contributed by atoms with Gasteiger partial charge in [-0.1, -0.05) is 0 Å². The highest BCUT2D eigenvalue weighted by Crippen LogP contribution is 2.19. The predicted molar refractivity (Wildman–Crippen MR) is 50.1 cm³/mol. The molecule has 2 rings (SSSR count). The molecule has 2 N–H and O–H groups in total. The molecule has 0 amide bonds. The second-order valence-electron chi connectivity index (χ2n) is 2.69. The van der Waals surface area contributed by atoms with Crippen LogP contribution >= 0.6 is 11.6 Å². The van der Waals surface area contributed by atoms with Crippen LogP contribution in [0.15, 0.2) is 18.2 Å². The lowest BCUT2D eigenvalue weighted by Crippen LogP contribution is -1.88. The zero-order valence-corrected chi connectivity index (χ0v) is 7.34. The monoisotopic (exact) mass is 181 g/mol. The number of aromatic nitrogens is 2. The molecule has 3 nitrogen and oxygen atoms in total. The Morgan fingerprint density at radius 1 is 1.50 bits per heavy atom. The number of rotatable bonds is 0. The van der Waals surface area contributed by atoms with Gasteiger partial charge in [-0.05, 0) is 29.8 Å². The average Bonchev–Trinajstić information content (AvgIpc) is 2.31. The molecule has 2 aromatic rings. The number of imidazole rings is 1. The lowest BCUT2D eigenvalue weighted by atomic mass is 10.3. The van der Waals surface area contributed by atoms with Crippen LogP contribution in [0.4, 0.5) is 5.69 Å². The fraction of sp³-hybridized carbons (Fsp3) is 0.125. The third-order valence-electron chi connectivity index (χ3n) is 1.85. The molecular formula is C8H8ClN3. The molecule has 0 spiro atoms. The zero-order chi connectivity index (χ0) is 8.72. The van der Waals surface area contributed by atoms with Crippen molar-refractivity contribution in [1.82, 2.24) is 9.55 Å². The molecule has 4 heteroatoms. The van der Waals surface area contributed by atoms with Gasteiger partial charge in [-0.25, -0.2) is 4.98 Å². The predicted octanol–water partition coefficient (Wildman–Crippen LogP) is 1.81. The van der Waals surface area contributed by atoms with Crippen molar-refractivity contribution in [3.05, 3.63) is 23.5 Å². The summed E-state index contributed by atoms with van der Waals surface area (Å²) in [7, 11) is 1.86. The second kappa shape index (κ2) is 2.38. The summed E-state index contributed by atoms with van der Waals surface area (Å²) in [4.78, 5) is 4.13. The molecule has 1 heterocycles. The Kier molecular flexibility index (Phi) is 1.48. The van der Waals surface area contributed by atoms with Crippen molar-refractivity contribution in [2.75, 3.05) is 5.73 Å². The minimum absolute atomic E-state index is 0.482. The van der Waals surface area contributed by atoms with Gasteiger partial charge in [-0.3, -0.25) is 0 Å². The normalized spacial score (nSPS) is 10.8. The maximum absolute atomic E-state index is 5.82. The minimum atomic E-state index is 0.482. The van der Waals surface area contributed by atoms with Crippen LogP contribution in [0.25, 0.3) is 11.0 Å². The van der Waals surface area contributed by atoms with E-state index in [0.29, 0.717) is 5.28 Å². The fourth-order valence-corrected chi connectivity index (χ4v) is 1.36. The summed E-state index contributed by atoms with van der Waals surface area (Å²) in [6, 6.07) is 5.52. The van der Waals surface area contributed by atoms with E-state index >= 15 is 0 Å². The number of aryl methyl sites for hydroxylation is 1. The van der Waals surface area contributed by atoms with Crippen molar-refractivity contribution < 1.29 is 0 Å². The van der Waals surface area contributed by atoms with Crippen molar-refractivity contribution in [3.63, 3.8) is 0 Å². The van der Waals surface area contributed by atoms with Gasteiger partial charge < -0.3 is 10.3 Å². The third kappa shape index (κ3) is 0.940. The number of nitrogens with two attached hydrogens (primary N) is 1. The lowest BCUT2D eigenvalue weighted by Gasteiger charge is -1.95. The van der Waals surface area contributed by atoms with Gasteiger partial charge in [-0.15, -0.1) is 0 Å². The van der Waals surface area contributed by atoms with Gasteiger partial charge in [0, 0.05) is 12.7 Å². The molecule has 0 saturated carbocycles. The summed E-state index contributed by atoms with van der Waals surface area (Å²) in [5.74, 6) is 0. The molecule has 62 valence electrons. The van der Waals surface area contributed by atoms with Crippen LogP contribution in [-0.4, -0.2) is 9.55 Å². The first kappa shape index (κ1) is 7.43. The molecule has 0 fully saturated rings. The van der Waals surface area contributed by atoms with E-state index in [-0.39, 0.29) is 0 Å². The van der Waals surface area contributed by atoms with E-state index in [2.05, 4.69) is 4.98 Å². The van der Waals surface area contributed by atoms with E-state index in [4.69, 9.17) is 17.3 Å². The van der Waals surface area contributed by atoms with E-state index in [1.165, 1.54) is 0 Å². The van der Waals surface area contributed by atoms with Crippen molar-refractivity contribution >= 4 is 28.3 Å². The molecule has 0 unspecified atom stereocenters. The summed E-state index contributed by atoms with van der Waals surface area (Å²) in [6.07, 6.45) is 0. The molecule has 0 atom stereocenters. The summed E-state index contributed by atoms with van der Waals surface area (Å²) in [5, 5.41) is 0.482. The number of benzene rings is 1. The molecule has 0 aliphatic carbocycles. The van der Waals surface area contributed by atoms with Crippen molar-refractivity contribution in [2.45, 2.75) is 0 Å². The molecule has 1 aromatic carbocycles. The Morgan fingerprint density at radius 2 is 2.25 bits per heavy atom. The van der Waals surface area contributed by atoms with Crippen molar-refractivity contribution in [2.24, 2.45) is 7.05 Å². The Hall–Kier alpha value is -1.22. The topological polar surface area (TPSA) is 43.8 Å². The largest absolute Gasteiger partial charge is 0.399 e. The quantitative estimate of drug-likeness (QED) is 0.630. The lowest BCUT2D eigenvalue weighted by molar-refractivity contribution is 0.949. The summed E-state index contributed by atoms with van der Waals surface area (Å²) in [5.41, 5.74) is 8.17. The van der Waals surface area contributed by atoms with E-state index in [0.717, 1.165) is 16.7 Å². The van der Waals surface area contributed by atoms with Crippen LogP contribution in [-0.2, 0) is 7.05 Å². The minimum Gasteiger partial charge on any atom is -0.399 e. The summed E-state index contributed by atoms with van der Waals surface area (Å²) < 4.78 is 1.80. The summed E-state index contributed by atoms with van der Waals surface area (Å²) >= 11 is 5.82. The van der Waals surface area contributed by atoms with Crippen LogP contribution in [0.3, 0.4) is 0 Å². The Morgan fingerprint density at radius 3 is 3.00 bits per heavy atom. The van der Waals surface area contributed by atoms with Crippen LogP contribution in [0, 0.1) is 0 Å².